The zero-order chi connectivity index (χ0) is 10.7. The summed E-state index contributed by atoms with van der Waals surface area (Å²) in [6, 6.07) is 1.72. The number of aromatic nitrogens is 2. The van der Waals surface area contributed by atoms with Crippen LogP contribution in [0, 0.1) is 0 Å². The third kappa shape index (κ3) is 2.79. The number of nitrogens with zero attached hydrogens (tertiary/aromatic N) is 1. The van der Waals surface area contributed by atoms with Crippen LogP contribution in [0.4, 0.5) is 5.82 Å². The summed E-state index contributed by atoms with van der Waals surface area (Å²) >= 11 is 0. The lowest BCUT2D eigenvalue weighted by Gasteiger charge is -2.22. The Kier molecular flexibility index (Phi) is 3.01. The predicted molar refractivity (Wildman–Crippen MR) is 58.6 cm³/mol. The van der Waals surface area contributed by atoms with Gasteiger partial charge in [0.15, 0.2) is 0 Å². The summed E-state index contributed by atoms with van der Waals surface area (Å²) < 4.78 is 0. The van der Waals surface area contributed by atoms with Crippen molar-refractivity contribution >= 4 is 5.82 Å². The van der Waals surface area contributed by atoms with Gasteiger partial charge in [-0.15, -0.1) is 0 Å². The van der Waals surface area contributed by atoms with E-state index < -0.39 is 0 Å². The molecule has 1 aliphatic rings. The first-order chi connectivity index (χ1) is 7.24. The van der Waals surface area contributed by atoms with Gasteiger partial charge in [0.1, 0.15) is 11.6 Å². The van der Waals surface area contributed by atoms with Gasteiger partial charge in [0, 0.05) is 18.5 Å². The number of nitrogens with one attached hydrogen (secondary N) is 2. The monoisotopic (exact) mass is 208 g/mol. The first kappa shape index (κ1) is 10.2. The Morgan fingerprint density at radius 1 is 1.53 bits per heavy atom. The van der Waals surface area contributed by atoms with Crippen molar-refractivity contribution in [2.75, 3.05) is 12.3 Å². The maximum Gasteiger partial charge on any atom is 0.252 e. The first-order valence-corrected chi connectivity index (χ1v) is 5.33. The topological polar surface area (TPSA) is 83.8 Å². The Labute approximate surface area is 88.1 Å². The number of hydrogen-bond donors (Lipinski definition) is 3. The van der Waals surface area contributed by atoms with Gasteiger partial charge in [-0.05, 0) is 19.4 Å². The molecule has 0 radical (unpaired) electrons. The number of aromatic amines is 1. The third-order valence-corrected chi connectivity index (χ3v) is 2.66. The van der Waals surface area contributed by atoms with Crippen LogP contribution in [0.15, 0.2) is 10.9 Å². The van der Waals surface area contributed by atoms with E-state index in [-0.39, 0.29) is 5.56 Å². The van der Waals surface area contributed by atoms with E-state index in [1.807, 2.05) is 0 Å². The molecule has 0 amide bonds. The standard InChI is InChI=1S/C10H16N4O/c11-8-6-10(15)14-9(13-8)5-7-3-1-2-4-12-7/h6-7,12H,1-5H2,(H3,11,13,14,15). The maximum absolute atomic E-state index is 11.2. The van der Waals surface area contributed by atoms with Crippen molar-refractivity contribution in [3.63, 3.8) is 0 Å². The summed E-state index contributed by atoms with van der Waals surface area (Å²) in [5, 5.41) is 3.40. The molecule has 2 rings (SSSR count). The zero-order valence-corrected chi connectivity index (χ0v) is 8.62. The molecule has 4 N–H and O–H groups in total. The molecule has 0 spiro atoms. The lowest BCUT2D eigenvalue weighted by atomic mass is 10.0. The molecule has 82 valence electrons. The second kappa shape index (κ2) is 4.44. The Morgan fingerprint density at radius 2 is 2.40 bits per heavy atom. The van der Waals surface area contributed by atoms with Crippen LogP contribution in [0.1, 0.15) is 25.1 Å². The van der Waals surface area contributed by atoms with Gasteiger partial charge in [-0.3, -0.25) is 4.79 Å². The summed E-state index contributed by atoms with van der Waals surface area (Å²) in [6.45, 7) is 1.05. The smallest absolute Gasteiger partial charge is 0.252 e. The molecule has 1 aromatic heterocycles. The van der Waals surface area contributed by atoms with Crippen molar-refractivity contribution in [3.05, 3.63) is 22.2 Å². The molecule has 0 saturated carbocycles. The molecule has 1 unspecified atom stereocenters. The highest BCUT2D eigenvalue weighted by molar-refractivity contribution is 5.25. The largest absolute Gasteiger partial charge is 0.383 e. The van der Waals surface area contributed by atoms with Crippen LogP contribution in [0.25, 0.3) is 0 Å². The van der Waals surface area contributed by atoms with Crippen LogP contribution in [0.2, 0.25) is 0 Å². The highest BCUT2D eigenvalue weighted by Gasteiger charge is 2.14. The van der Waals surface area contributed by atoms with E-state index >= 15 is 0 Å². The lowest BCUT2D eigenvalue weighted by molar-refractivity contribution is 0.394. The molecule has 1 fully saturated rings. The van der Waals surface area contributed by atoms with E-state index in [1.54, 1.807) is 0 Å². The average molecular weight is 208 g/mol. The molecule has 5 nitrogen and oxygen atoms in total. The molecule has 0 aliphatic carbocycles. The van der Waals surface area contributed by atoms with Crippen LogP contribution >= 0.6 is 0 Å². The summed E-state index contributed by atoms with van der Waals surface area (Å²) in [7, 11) is 0. The Hall–Kier alpha value is -1.36. The predicted octanol–water partition coefficient (Wildman–Crippen LogP) is 0.0367. The van der Waals surface area contributed by atoms with E-state index in [4.69, 9.17) is 5.73 Å². The minimum atomic E-state index is -0.173. The quantitative estimate of drug-likeness (QED) is 0.640. The van der Waals surface area contributed by atoms with Gasteiger partial charge in [0.25, 0.3) is 5.56 Å². The van der Waals surface area contributed by atoms with Gasteiger partial charge in [0.2, 0.25) is 0 Å². The molecule has 1 atom stereocenters. The maximum atomic E-state index is 11.2. The summed E-state index contributed by atoms with van der Waals surface area (Å²) in [5.41, 5.74) is 5.34. The van der Waals surface area contributed by atoms with Gasteiger partial charge < -0.3 is 16.0 Å². The fourth-order valence-corrected chi connectivity index (χ4v) is 1.96. The van der Waals surface area contributed by atoms with Crippen LogP contribution < -0.4 is 16.6 Å². The fourth-order valence-electron chi connectivity index (χ4n) is 1.96. The van der Waals surface area contributed by atoms with Crippen LogP contribution in [-0.2, 0) is 6.42 Å². The average Bonchev–Trinajstić information content (AvgIpc) is 2.17. The van der Waals surface area contributed by atoms with Crippen molar-refractivity contribution in [3.8, 4) is 0 Å². The Bertz CT molecular complexity index is 381. The molecule has 0 bridgehead atoms. The molecule has 1 saturated heterocycles. The van der Waals surface area contributed by atoms with Crippen molar-refractivity contribution in [2.24, 2.45) is 0 Å². The van der Waals surface area contributed by atoms with E-state index in [2.05, 4.69) is 15.3 Å². The number of nitrogens with two attached hydrogens (primary N) is 1. The molecular formula is C10H16N4O. The lowest BCUT2D eigenvalue weighted by Crippen LogP contribution is -2.36. The highest BCUT2D eigenvalue weighted by Crippen LogP contribution is 2.10. The van der Waals surface area contributed by atoms with Crippen molar-refractivity contribution in [1.29, 1.82) is 0 Å². The van der Waals surface area contributed by atoms with Gasteiger partial charge in [0.05, 0.1) is 0 Å². The summed E-state index contributed by atoms with van der Waals surface area (Å²) in [5.74, 6) is 0.976. The molecule has 0 aromatic carbocycles. The highest BCUT2D eigenvalue weighted by atomic mass is 16.1. The van der Waals surface area contributed by atoms with Crippen molar-refractivity contribution in [1.82, 2.24) is 15.3 Å². The second-order valence-corrected chi connectivity index (χ2v) is 3.97. The van der Waals surface area contributed by atoms with E-state index in [1.165, 1.54) is 18.9 Å². The third-order valence-electron chi connectivity index (χ3n) is 2.66. The molecule has 1 aliphatic heterocycles. The van der Waals surface area contributed by atoms with Crippen LogP contribution in [0.3, 0.4) is 0 Å². The minimum Gasteiger partial charge on any atom is -0.383 e. The zero-order valence-electron chi connectivity index (χ0n) is 8.62. The van der Waals surface area contributed by atoms with E-state index in [9.17, 15) is 4.79 Å². The number of piperidine rings is 1. The van der Waals surface area contributed by atoms with Crippen molar-refractivity contribution in [2.45, 2.75) is 31.7 Å². The summed E-state index contributed by atoms with van der Waals surface area (Å²) in [6.07, 6.45) is 4.36. The van der Waals surface area contributed by atoms with Crippen molar-refractivity contribution < 1.29 is 0 Å². The number of nitrogen functional groups attached to an aromatic ring is 1. The fraction of sp³-hybridized carbons (Fsp3) is 0.600. The Morgan fingerprint density at radius 3 is 3.07 bits per heavy atom. The molecular weight excluding hydrogens is 192 g/mol. The summed E-state index contributed by atoms with van der Waals surface area (Å²) in [4.78, 5) is 18.0. The molecule has 5 heteroatoms. The molecule has 2 heterocycles. The van der Waals surface area contributed by atoms with Gasteiger partial charge >= 0.3 is 0 Å². The van der Waals surface area contributed by atoms with Gasteiger partial charge in [-0.25, -0.2) is 4.98 Å². The van der Waals surface area contributed by atoms with Gasteiger partial charge in [-0.2, -0.15) is 0 Å². The van der Waals surface area contributed by atoms with Gasteiger partial charge in [-0.1, -0.05) is 6.42 Å². The number of rotatable bonds is 2. The van der Waals surface area contributed by atoms with Crippen LogP contribution in [0.5, 0.6) is 0 Å². The normalized spacial score (nSPS) is 21.5. The van der Waals surface area contributed by atoms with E-state index in [0.29, 0.717) is 17.7 Å². The number of hydrogen-bond acceptors (Lipinski definition) is 4. The minimum absolute atomic E-state index is 0.173. The van der Waals surface area contributed by atoms with E-state index in [0.717, 1.165) is 19.4 Å². The number of H-pyrrole nitrogens is 1. The number of anilines is 1. The first-order valence-electron chi connectivity index (χ1n) is 5.33. The molecule has 1 aromatic rings. The second-order valence-electron chi connectivity index (χ2n) is 3.97. The van der Waals surface area contributed by atoms with Crippen LogP contribution in [-0.4, -0.2) is 22.6 Å². The SMILES string of the molecule is Nc1cc(=O)[nH]c(CC2CCCCN2)n1. The Balaban J connectivity index is 2.06. The molecule has 15 heavy (non-hydrogen) atoms.